The second kappa shape index (κ2) is 7.29. The van der Waals surface area contributed by atoms with Crippen LogP contribution in [0.5, 0.6) is 0 Å². The number of Topliss-reactive ketones (excluding diaryl/α,β-unsaturated/α-hetero) is 1. The summed E-state index contributed by atoms with van der Waals surface area (Å²) in [4.78, 5) is 12.8. The van der Waals surface area contributed by atoms with Crippen molar-refractivity contribution in [1.82, 2.24) is 0 Å². The molecule has 1 aliphatic carbocycles. The highest BCUT2D eigenvalue weighted by Gasteiger charge is 2.34. The first-order valence-corrected chi connectivity index (χ1v) is 9.62. The minimum Gasteiger partial charge on any atom is -0.512 e. The summed E-state index contributed by atoms with van der Waals surface area (Å²) in [7, 11) is 0. The molecule has 2 aromatic carbocycles. The molecule has 0 aromatic heterocycles. The van der Waals surface area contributed by atoms with Crippen molar-refractivity contribution in [3.63, 3.8) is 0 Å². The summed E-state index contributed by atoms with van der Waals surface area (Å²) >= 11 is 12.1. The molecule has 3 rings (SSSR count). The van der Waals surface area contributed by atoms with Crippen molar-refractivity contribution in [3.8, 4) is 11.1 Å². The van der Waals surface area contributed by atoms with Gasteiger partial charge in [-0.3, -0.25) is 4.79 Å². The summed E-state index contributed by atoms with van der Waals surface area (Å²) in [5.74, 6) is -0.541. The van der Waals surface area contributed by atoms with E-state index in [0.29, 0.717) is 36.0 Å². The van der Waals surface area contributed by atoms with Crippen molar-refractivity contribution in [2.45, 2.75) is 40.0 Å². The zero-order valence-corrected chi connectivity index (χ0v) is 17.0. The standard InChI is InChI=1S/C22H21Cl2FO2/c1-4-12-5-6-13(20-16(24)8-14(23)9-17(20)25)7-15(12)21-18(26)10-22(2,3)11-19(21)27/h5-9,26H,4,10-11H2,1-3H3. The molecule has 1 aliphatic rings. The second-order valence-corrected chi connectivity index (χ2v) is 8.58. The molecule has 0 unspecified atom stereocenters. The van der Waals surface area contributed by atoms with E-state index in [0.717, 1.165) is 5.56 Å². The maximum Gasteiger partial charge on any atom is 0.167 e. The van der Waals surface area contributed by atoms with Gasteiger partial charge in [-0.05, 0) is 46.7 Å². The van der Waals surface area contributed by atoms with Gasteiger partial charge in [0, 0.05) is 23.4 Å². The van der Waals surface area contributed by atoms with Gasteiger partial charge in [0.15, 0.2) is 5.78 Å². The number of aryl methyl sites for hydroxylation is 1. The summed E-state index contributed by atoms with van der Waals surface area (Å²) in [6.07, 6.45) is 1.47. The summed E-state index contributed by atoms with van der Waals surface area (Å²) in [6.45, 7) is 5.89. The highest BCUT2D eigenvalue weighted by molar-refractivity contribution is 6.36. The molecule has 142 valence electrons. The zero-order valence-electron chi connectivity index (χ0n) is 15.5. The largest absolute Gasteiger partial charge is 0.512 e. The third-order valence-electron chi connectivity index (χ3n) is 4.91. The van der Waals surface area contributed by atoms with Crippen molar-refractivity contribution in [3.05, 3.63) is 63.1 Å². The number of ketones is 1. The van der Waals surface area contributed by atoms with E-state index in [1.807, 2.05) is 26.8 Å². The Morgan fingerprint density at radius 3 is 2.44 bits per heavy atom. The number of hydrogen-bond acceptors (Lipinski definition) is 2. The van der Waals surface area contributed by atoms with Crippen LogP contribution in [0.3, 0.4) is 0 Å². The van der Waals surface area contributed by atoms with Crippen LogP contribution in [0.1, 0.15) is 44.7 Å². The van der Waals surface area contributed by atoms with E-state index < -0.39 is 5.82 Å². The normalized spacial score (nSPS) is 16.7. The van der Waals surface area contributed by atoms with E-state index in [4.69, 9.17) is 23.2 Å². The number of rotatable bonds is 3. The van der Waals surface area contributed by atoms with E-state index in [1.165, 1.54) is 12.1 Å². The molecule has 0 fully saturated rings. The highest BCUT2D eigenvalue weighted by atomic mass is 35.5. The first kappa shape index (κ1) is 19.9. The molecule has 27 heavy (non-hydrogen) atoms. The summed E-state index contributed by atoms with van der Waals surface area (Å²) in [5, 5.41) is 11.0. The molecule has 1 N–H and O–H groups in total. The SMILES string of the molecule is CCc1ccc(-c2c(F)cc(Cl)cc2Cl)cc1C1=C(O)CC(C)(C)CC1=O. The van der Waals surface area contributed by atoms with E-state index in [-0.39, 0.29) is 32.6 Å². The molecule has 0 bridgehead atoms. The van der Waals surface area contributed by atoms with Gasteiger partial charge in [0.1, 0.15) is 11.6 Å². The highest BCUT2D eigenvalue weighted by Crippen LogP contribution is 2.42. The molecule has 0 saturated carbocycles. The Labute approximate surface area is 168 Å². The Balaban J connectivity index is 2.21. The van der Waals surface area contributed by atoms with Gasteiger partial charge in [-0.25, -0.2) is 4.39 Å². The number of halogens is 3. The minimum atomic E-state index is -0.531. The molecule has 0 saturated heterocycles. The van der Waals surface area contributed by atoms with Crippen LogP contribution in [0.2, 0.25) is 10.0 Å². The monoisotopic (exact) mass is 406 g/mol. The maximum absolute atomic E-state index is 14.5. The van der Waals surface area contributed by atoms with Gasteiger partial charge in [0.2, 0.25) is 0 Å². The van der Waals surface area contributed by atoms with Crippen molar-refractivity contribution < 1.29 is 14.3 Å². The number of carbonyl (C=O) groups is 1. The van der Waals surface area contributed by atoms with Gasteiger partial charge < -0.3 is 5.11 Å². The summed E-state index contributed by atoms with van der Waals surface area (Å²) in [6, 6.07) is 8.05. The third-order valence-corrected chi connectivity index (χ3v) is 5.42. The Kier molecular flexibility index (Phi) is 5.38. The molecule has 5 heteroatoms. The fourth-order valence-electron chi connectivity index (χ4n) is 3.68. The molecule has 0 spiro atoms. The fraction of sp³-hybridized carbons (Fsp3) is 0.318. The first-order valence-electron chi connectivity index (χ1n) is 8.86. The van der Waals surface area contributed by atoms with E-state index in [2.05, 4.69) is 0 Å². The maximum atomic E-state index is 14.5. The summed E-state index contributed by atoms with van der Waals surface area (Å²) in [5.41, 5.74) is 2.38. The van der Waals surface area contributed by atoms with E-state index in [1.54, 1.807) is 12.1 Å². The fourth-order valence-corrected chi connectivity index (χ4v) is 4.26. The van der Waals surface area contributed by atoms with Gasteiger partial charge in [-0.2, -0.15) is 0 Å². The smallest absolute Gasteiger partial charge is 0.167 e. The lowest BCUT2D eigenvalue weighted by molar-refractivity contribution is -0.116. The number of hydrogen-bond donors (Lipinski definition) is 1. The van der Waals surface area contributed by atoms with Crippen LogP contribution >= 0.6 is 23.2 Å². The van der Waals surface area contributed by atoms with Crippen LogP contribution in [-0.2, 0) is 11.2 Å². The van der Waals surface area contributed by atoms with Crippen LogP contribution in [0.25, 0.3) is 16.7 Å². The first-order chi connectivity index (χ1) is 12.6. The summed E-state index contributed by atoms with van der Waals surface area (Å²) < 4.78 is 14.5. The van der Waals surface area contributed by atoms with E-state index >= 15 is 0 Å². The van der Waals surface area contributed by atoms with Crippen LogP contribution in [0.4, 0.5) is 4.39 Å². The van der Waals surface area contributed by atoms with Gasteiger partial charge in [-0.1, -0.05) is 56.1 Å². The average molecular weight is 407 g/mol. The van der Waals surface area contributed by atoms with Crippen molar-refractivity contribution in [2.75, 3.05) is 0 Å². The molecule has 0 atom stereocenters. The molecular formula is C22H21Cl2FO2. The number of carbonyl (C=O) groups excluding carboxylic acids is 1. The Morgan fingerprint density at radius 1 is 1.15 bits per heavy atom. The Morgan fingerprint density at radius 2 is 1.85 bits per heavy atom. The lowest BCUT2D eigenvalue weighted by atomic mass is 9.74. The molecule has 2 aromatic rings. The van der Waals surface area contributed by atoms with Gasteiger partial charge in [0.25, 0.3) is 0 Å². The van der Waals surface area contributed by atoms with Crippen molar-refractivity contribution in [1.29, 1.82) is 0 Å². The van der Waals surface area contributed by atoms with Gasteiger partial charge in [0.05, 0.1) is 10.6 Å². The van der Waals surface area contributed by atoms with Gasteiger partial charge in [-0.15, -0.1) is 0 Å². The number of allylic oxidation sites excluding steroid dienone is 2. The predicted molar refractivity (Wildman–Crippen MR) is 109 cm³/mol. The lowest BCUT2D eigenvalue weighted by Crippen LogP contribution is -2.25. The van der Waals surface area contributed by atoms with Crippen molar-refractivity contribution >= 4 is 34.6 Å². The van der Waals surface area contributed by atoms with Crippen molar-refractivity contribution in [2.24, 2.45) is 5.41 Å². The predicted octanol–water partition coefficient (Wildman–Crippen LogP) is 7.02. The minimum absolute atomic E-state index is 0.0887. The van der Waals surface area contributed by atoms with E-state index in [9.17, 15) is 14.3 Å². The topological polar surface area (TPSA) is 37.3 Å². The Hall–Kier alpha value is -1.84. The Bertz CT molecular complexity index is 938. The average Bonchev–Trinajstić information content (AvgIpc) is 2.52. The number of benzene rings is 2. The van der Waals surface area contributed by atoms with Crippen LogP contribution in [0, 0.1) is 11.2 Å². The zero-order chi connectivity index (χ0) is 19.9. The second-order valence-electron chi connectivity index (χ2n) is 7.73. The third kappa shape index (κ3) is 3.90. The van der Waals surface area contributed by atoms with Gasteiger partial charge >= 0.3 is 0 Å². The molecule has 0 heterocycles. The molecule has 2 nitrogen and oxygen atoms in total. The molecular weight excluding hydrogens is 386 g/mol. The molecule has 0 aliphatic heterocycles. The molecule has 0 radical (unpaired) electrons. The van der Waals surface area contributed by atoms with Crippen LogP contribution in [-0.4, -0.2) is 10.9 Å². The lowest BCUT2D eigenvalue weighted by Gasteiger charge is -2.30. The molecule has 0 amide bonds. The quantitative estimate of drug-likeness (QED) is 0.594. The number of aliphatic hydroxyl groups is 1. The number of aliphatic hydroxyl groups excluding tert-OH is 1. The van der Waals surface area contributed by atoms with Crippen LogP contribution < -0.4 is 0 Å². The van der Waals surface area contributed by atoms with Crippen LogP contribution in [0.15, 0.2) is 36.1 Å².